The number of aliphatic hydroxyl groups is 1. The fraction of sp³-hybridized carbons (Fsp3) is 0.923. The van der Waals surface area contributed by atoms with E-state index in [-0.39, 0.29) is 11.9 Å². The smallest absolute Gasteiger partial charge is 0.221 e. The lowest BCUT2D eigenvalue weighted by Crippen LogP contribution is -2.45. The zero-order chi connectivity index (χ0) is 12.3. The Bertz CT molecular complexity index is 271. The van der Waals surface area contributed by atoms with Crippen molar-refractivity contribution in [2.24, 2.45) is 11.7 Å². The van der Waals surface area contributed by atoms with E-state index in [0.717, 1.165) is 25.7 Å². The van der Waals surface area contributed by atoms with E-state index in [9.17, 15) is 9.90 Å². The van der Waals surface area contributed by atoms with Crippen molar-refractivity contribution in [2.45, 2.75) is 63.0 Å². The summed E-state index contributed by atoms with van der Waals surface area (Å²) in [6, 6.07) is 0.0102. The van der Waals surface area contributed by atoms with E-state index in [1.165, 1.54) is 19.3 Å². The first-order chi connectivity index (χ1) is 8.09. The molecule has 2 aliphatic rings. The van der Waals surface area contributed by atoms with Gasteiger partial charge in [-0.15, -0.1) is 0 Å². The van der Waals surface area contributed by atoms with Crippen LogP contribution in [-0.2, 0) is 4.79 Å². The van der Waals surface area contributed by atoms with Gasteiger partial charge in [0.25, 0.3) is 0 Å². The first-order valence-corrected chi connectivity index (χ1v) is 6.84. The zero-order valence-corrected chi connectivity index (χ0v) is 10.5. The predicted molar refractivity (Wildman–Crippen MR) is 66.4 cm³/mol. The maximum Gasteiger partial charge on any atom is 0.221 e. The van der Waals surface area contributed by atoms with Gasteiger partial charge in [-0.25, -0.2) is 0 Å². The molecule has 1 atom stereocenters. The summed E-state index contributed by atoms with van der Waals surface area (Å²) in [4.78, 5) is 11.7. The van der Waals surface area contributed by atoms with Gasteiger partial charge in [0.2, 0.25) is 5.91 Å². The highest BCUT2D eigenvalue weighted by Gasteiger charge is 2.32. The van der Waals surface area contributed by atoms with Crippen LogP contribution >= 0.6 is 0 Å². The zero-order valence-electron chi connectivity index (χ0n) is 10.5. The van der Waals surface area contributed by atoms with Crippen molar-refractivity contribution < 1.29 is 9.90 Å². The second-order valence-electron chi connectivity index (χ2n) is 5.77. The molecular weight excluding hydrogens is 216 g/mol. The molecule has 0 spiro atoms. The molecule has 17 heavy (non-hydrogen) atoms. The lowest BCUT2D eigenvalue weighted by atomic mass is 9.85. The maximum absolute atomic E-state index is 11.7. The first-order valence-electron chi connectivity index (χ1n) is 6.84. The average molecular weight is 240 g/mol. The van der Waals surface area contributed by atoms with E-state index in [0.29, 0.717) is 18.9 Å². The predicted octanol–water partition coefficient (Wildman–Crippen LogP) is 0.925. The number of rotatable bonds is 5. The van der Waals surface area contributed by atoms with Gasteiger partial charge in [-0.1, -0.05) is 19.3 Å². The Morgan fingerprint density at radius 2 is 2.00 bits per heavy atom. The van der Waals surface area contributed by atoms with Crippen LogP contribution in [0.4, 0.5) is 0 Å². The maximum atomic E-state index is 11.7. The molecule has 98 valence electrons. The molecule has 4 N–H and O–H groups in total. The fourth-order valence-electron chi connectivity index (χ4n) is 2.63. The van der Waals surface area contributed by atoms with Crippen molar-refractivity contribution in [3.8, 4) is 0 Å². The second kappa shape index (κ2) is 5.36. The normalized spacial score (nSPS) is 25.3. The third-order valence-corrected chi connectivity index (χ3v) is 4.05. The molecular formula is C13H24N2O2. The molecule has 2 fully saturated rings. The van der Waals surface area contributed by atoms with Gasteiger partial charge in [0.05, 0.1) is 5.60 Å². The minimum atomic E-state index is -0.669. The quantitative estimate of drug-likeness (QED) is 0.669. The topological polar surface area (TPSA) is 75.4 Å². The molecule has 1 unspecified atom stereocenters. The van der Waals surface area contributed by atoms with E-state index < -0.39 is 5.60 Å². The van der Waals surface area contributed by atoms with E-state index in [2.05, 4.69) is 5.32 Å². The Balaban J connectivity index is 1.67. The Labute approximate surface area is 103 Å². The summed E-state index contributed by atoms with van der Waals surface area (Å²) in [5.74, 6) is 0.543. The molecule has 4 heteroatoms. The van der Waals surface area contributed by atoms with Gasteiger partial charge in [0.1, 0.15) is 0 Å². The molecule has 0 radical (unpaired) electrons. The standard InChI is InChI=1S/C13H24N2O2/c14-11(10-4-5-10)8-12(16)15-9-13(17)6-2-1-3-7-13/h10-11,17H,1-9,14H2,(H,15,16). The fourth-order valence-corrected chi connectivity index (χ4v) is 2.63. The molecule has 0 aliphatic heterocycles. The molecule has 0 aromatic carbocycles. The molecule has 2 aliphatic carbocycles. The average Bonchev–Trinajstić information content (AvgIpc) is 3.11. The molecule has 4 nitrogen and oxygen atoms in total. The summed E-state index contributed by atoms with van der Waals surface area (Å²) in [6.45, 7) is 0.392. The molecule has 2 saturated carbocycles. The molecule has 1 amide bonds. The Hall–Kier alpha value is -0.610. The summed E-state index contributed by atoms with van der Waals surface area (Å²) < 4.78 is 0. The third kappa shape index (κ3) is 3.96. The lowest BCUT2D eigenvalue weighted by Gasteiger charge is -2.32. The van der Waals surface area contributed by atoms with Gasteiger partial charge in [0, 0.05) is 19.0 Å². The second-order valence-corrected chi connectivity index (χ2v) is 5.77. The van der Waals surface area contributed by atoms with Gasteiger partial charge in [-0.3, -0.25) is 4.79 Å². The summed E-state index contributed by atoms with van der Waals surface area (Å²) in [5.41, 5.74) is 5.23. The summed E-state index contributed by atoms with van der Waals surface area (Å²) >= 11 is 0. The van der Waals surface area contributed by atoms with Crippen LogP contribution in [0.25, 0.3) is 0 Å². The molecule has 0 bridgehead atoms. The number of hydrogen-bond acceptors (Lipinski definition) is 3. The van der Waals surface area contributed by atoms with E-state index in [1.54, 1.807) is 0 Å². The van der Waals surface area contributed by atoms with Crippen molar-refractivity contribution in [2.75, 3.05) is 6.54 Å². The first kappa shape index (κ1) is 12.8. The van der Waals surface area contributed by atoms with Gasteiger partial charge < -0.3 is 16.2 Å². The van der Waals surface area contributed by atoms with Gasteiger partial charge in [-0.2, -0.15) is 0 Å². The minimum Gasteiger partial charge on any atom is -0.388 e. The lowest BCUT2D eigenvalue weighted by molar-refractivity contribution is -0.123. The molecule has 2 rings (SSSR count). The number of nitrogens with one attached hydrogen (secondary N) is 1. The van der Waals surface area contributed by atoms with Crippen LogP contribution < -0.4 is 11.1 Å². The molecule has 0 aromatic heterocycles. The number of nitrogens with two attached hydrogens (primary N) is 1. The largest absolute Gasteiger partial charge is 0.388 e. The van der Waals surface area contributed by atoms with Crippen molar-refractivity contribution in [3.63, 3.8) is 0 Å². The molecule has 0 aromatic rings. The minimum absolute atomic E-state index is 0.0102. The summed E-state index contributed by atoms with van der Waals surface area (Å²) in [6.07, 6.45) is 7.67. The van der Waals surface area contributed by atoms with E-state index >= 15 is 0 Å². The molecule has 0 heterocycles. The Morgan fingerprint density at radius 3 is 2.59 bits per heavy atom. The number of hydrogen-bond donors (Lipinski definition) is 3. The van der Waals surface area contributed by atoms with Crippen LogP contribution in [-0.4, -0.2) is 29.2 Å². The number of amides is 1. The van der Waals surface area contributed by atoms with Crippen LogP contribution in [0.2, 0.25) is 0 Å². The molecule has 0 saturated heterocycles. The monoisotopic (exact) mass is 240 g/mol. The van der Waals surface area contributed by atoms with Crippen molar-refractivity contribution in [3.05, 3.63) is 0 Å². The van der Waals surface area contributed by atoms with Gasteiger partial charge in [0.15, 0.2) is 0 Å². The van der Waals surface area contributed by atoms with Gasteiger partial charge in [-0.05, 0) is 31.6 Å². The van der Waals surface area contributed by atoms with Crippen LogP contribution in [0.3, 0.4) is 0 Å². The van der Waals surface area contributed by atoms with Crippen LogP contribution in [0.15, 0.2) is 0 Å². The van der Waals surface area contributed by atoms with Crippen molar-refractivity contribution in [1.82, 2.24) is 5.32 Å². The Morgan fingerprint density at radius 1 is 1.35 bits per heavy atom. The highest BCUT2D eigenvalue weighted by atomic mass is 16.3. The SMILES string of the molecule is NC(CC(=O)NCC1(O)CCCCC1)C1CC1. The summed E-state index contributed by atoms with van der Waals surface area (Å²) in [5, 5.41) is 13.1. The number of carbonyl (C=O) groups excluding carboxylic acids is 1. The van der Waals surface area contributed by atoms with Crippen LogP contribution in [0.1, 0.15) is 51.4 Å². The van der Waals surface area contributed by atoms with Gasteiger partial charge >= 0.3 is 0 Å². The third-order valence-electron chi connectivity index (χ3n) is 4.05. The summed E-state index contributed by atoms with van der Waals surface area (Å²) in [7, 11) is 0. The highest BCUT2D eigenvalue weighted by Crippen LogP contribution is 2.32. The van der Waals surface area contributed by atoms with Crippen LogP contribution in [0.5, 0.6) is 0 Å². The van der Waals surface area contributed by atoms with E-state index in [4.69, 9.17) is 5.73 Å². The van der Waals surface area contributed by atoms with E-state index in [1.807, 2.05) is 0 Å². The highest BCUT2D eigenvalue weighted by molar-refractivity contribution is 5.76. The van der Waals surface area contributed by atoms with Crippen LogP contribution in [0, 0.1) is 5.92 Å². The number of carbonyl (C=O) groups is 1. The van der Waals surface area contributed by atoms with Crippen molar-refractivity contribution >= 4 is 5.91 Å². The van der Waals surface area contributed by atoms with Crippen molar-refractivity contribution in [1.29, 1.82) is 0 Å². The Kier molecular flexibility index (Phi) is 4.05.